The molecule has 0 bridgehead atoms. The second-order valence-corrected chi connectivity index (χ2v) is 6.13. The molecule has 2 saturated carbocycles. The Labute approximate surface area is 109 Å². The summed E-state index contributed by atoms with van der Waals surface area (Å²) in [4.78, 5) is 23.9. The van der Waals surface area contributed by atoms with E-state index in [1.807, 2.05) is 0 Å². The number of esters is 1. The third-order valence-corrected chi connectivity index (χ3v) is 4.86. The maximum absolute atomic E-state index is 12.1. The first kappa shape index (κ1) is 13.6. The molecular formula is C15H24O3. The van der Waals surface area contributed by atoms with Crippen molar-refractivity contribution in [3.05, 3.63) is 0 Å². The van der Waals surface area contributed by atoms with Gasteiger partial charge in [0.05, 0.1) is 6.61 Å². The first-order valence-corrected chi connectivity index (χ1v) is 7.23. The number of ether oxygens (including phenoxy) is 1. The van der Waals surface area contributed by atoms with E-state index in [-0.39, 0.29) is 17.2 Å². The Morgan fingerprint density at radius 2 is 1.61 bits per heavy atom. The summed E-state index contributed by atoms with van der Waals surface area (Å²) >= 11 is 0. The molecule has 2 aliphatic rings. The average molecular weight is 252 g/mol. The lowest BCUT2D eigenvalue weighted by Crippen LogP contribution is -2.55. The average Bonchev–Trinajstić information content (AvgIpc) is 2.51. The number of carbonyl (C=O) groups is 2. The number of Topliss-reactive ketones (excluding diaryl/α,β-unsaturated/α-hetero) is 1. The lowest BCUT2D eigenvalue weighted by Gasteiger charge is -2.53. The van der Waals surface area contributed by atoms with E-state index in [0.717, 1.165) is 12.8 Å². The Hall–Kier alpha value is -0.860. The van der Waals surface area contributed by atoms with Crippen LogP contribution < -0.4 is 0 Å². The molecule has 2 aliphatic carbocycles. The number of carbonyl (C=O) groups excluding carboxylic acids is 2. The fourth-order valence-corrected chi connectivity index (χ4v) is 3.87. The van der Waals surface area contributed by atoms with Gasteiger partial charge in [0.2, 0.25) is 0 Å². The van der Waals surface area contributed by atoms with Crippen molar-refractivity contribution in [3.63, 3.8) is 0 Å². The Kier molecular flexibility index (Phi) is 3.79. The van der Waals surface area contributed by atoms with Gasteiger partial charge < -0.3 is 4.74 Å². The van der Waals surface area contributed by atoms with Crippen molar-refractivity contribution in [2.75, 3.05) is 6.61 Å². The Morgan fingerprint density at radius 1 is 1.06 bits per heavy atom. The monoisotopic (exact) mass is 252 g/mol. The molecule has 0 unspecified atom stereocenters. The molecule has 0 amide bonds. The van der Waals surface area contributed by atoms with Crippen molar-refractivity contribution in [3.8, 4) is 0 Å². The minimum atomic E-state index is -0.805. The van der Waals surface area contributed by atoms with Gasteiger partial charge in [0.1, 0.15) is 11.2 Å². The van der Waals surface area contributed by atoms with Crippen LogP contribution in [0.3, 0.4) is 0 Å². The fourth-order valence-electron chi connectivity index (χ4n) is 3.87. The predicted molar refractivity (Wildman–Crippen MR) is 69.1 cm³/mol. The number of rotatable bonds is 3. The van der Waals surface area contributed by atoms with Gasteiger partial charge in [-0.05, 0) is 44.9 Å². The van der Waals surface area contributed by atoms with E-state index in [4.69, 9.17) is 4.74 Å². The summed E-state index contributed by atoms with van der Waals surface area (Å²) < 4.78 is 5.12. The third kappa shape index (κ3) is 2.19. The zero-order valence-electron chi connectivity index (χ0n) is 11.6. The Balaban J connectivity index is 2.08. The van der Waals surface area contributed by atoms with Crippen LogP contribution in [0.5, 0.6) is 0 Å². The Morgan fingerprint density at radius 3 is 2.06 bits per heavy atom. The van der Waals surface area contributed by atoms with Crippen molar-refractivity contribution < 1.29 is 14.3 Å². The predicted octanol–water partition coefficient (Wildman–Crippen LogP) is 3.26. The first-order chi connectivity index (χ1) is 8.55. The van der Waals surface area contributed by atoms with Gasteiger partial charge in [0.15, 0.2) is 0 Å². The lowest BCUT2D eigenvalue weighted by molar-refractivity contribution is -0.178. The van der Waals surface area contributed by atoms with Crippen LogP contribution in [-0.2, 0) is 14.3 Å². The van der Waals surface area contributed by atoms with Crippen LogP contribution in [0.4, 0.5) is 0 Å². The highest BCUT2D eigenvalue weighted by molar-refractivity contribution is 6.04. The van der Waals surface area contributed by atoms with Crippen molar-refractivity contribution in [2.24, 2.45) is 10.8 Å². The molecule has 18 heavy (non-hydrogen) atoms. The van der Waals surface area contributed by atoms with Crippen molar-refractivity contribution in [2.45, 2.75) is 65.2 Å². The molecule has 0 atom stereocenters. The Bertz CT molecular complexity index is 330. The van der Waals surface area contributed by atoms with Gasteiger partial charge in [0.25, 0.3) is 0 Å². The van der Waals surface area contributed by atoms with Crippen LogP contribution in [0.15, 0.2) is 0 Å². The molecule has 0 N–H and O–H groups in total. The molecule has 0 saturated heterocycles. The van der Waals surface area contributed by atoms with Crippen molar-refractivity contribution in [1.29, 1.82) is 0 Å². The van der Waals surface area contributed by atoms with Crippen LogP contribution in [0.1, 0.15) is 65.2 Å². The van der Waals surface area contributed by atoms with Crippen LogP contribution in [0, 0.1) is 10.8 Å². The molecular weight excluding hydrogens is 228 g/mol. The molecule has 3 nitrogen and oxygen atoms in total. The van der Waals surface area contributed by atoms with Gasteiger partial charge in [-0.15, -0.1) is 0 Å². The summed E-state index contributed by atoms with van der Waals surface area (Å²) in [5.74, 6) is -0.289. The lowest BCUT2D eigenvalue weighted by atomic mass is 9.49. The molecule has 0 heterocycles. The van der Waals surface area contributed by atoms with E-state index in [1.54, 1.807) is 13.8 Å². The molecule has 2 rings (SSSR count). The molecule has 0 aromatic rings. The quantitative estimate of drug-likeness (QED) is 0.572. The van der Waals surface area contributed by atoms with Gasteiger partial charge in [-0.2, -0.15) is 0 Å². The maximum atomic E-state index is 12.1. The SMILES string of the molecule is CCOC(=O)C1(C(C)=O)CC2(CCCCCC2)C1. The largest absolute Gasteiger partial charge is 0.465 e. The highest BCUT2D eigenvalue weighted by Crippen LogP contribution is 2.61. The molecule has 3 heteroatoms. The van der Waals surface area contributed by atoms with Gasteiger partial charge in [-0.1, -0.05) is 25.7 Å². The standard InChI is InChI=1S/C15H24O3/c1-3-18-13(17)15(12(2)16)10-14(11-15)8-6-4-5-7-9-14/h3-11H2,1-2H3. The molecule has 2 fully saturated rings. The summed E-state index contributed by atoms with van der Waals surface area (Å²) in [6, 6.07) is 0. The van der Waals surface area contributed by atoms with E-state index < -0.39 is 5.41 Å². The maximum Gasteiger partial charge on any atom is 0.319 e. The summed E-state index contributed by atoms with van der Waals surface area (Å²) in [6.45, 7) is 3.70. The van der Waals surface area contributed by atoms with Gasteiger partial charge in [-0.3, -0.25) is 9.59 Å². The fraction of sp³-hybridized carbons (Fsp3) is 0.867. The van der Waals surface area contributed by atoms with Gasteiger partial charge >= 0.3 is 5.97 Å². The highest BCUT2D eigenvalue weighted by Gasteiger charge is 2.61. The zero-order chi connectivity index (χ0) is 13.2. The second kappa shape index (κ2) is 5.02. The minimum absolute atomic E-state index is 0.00387. The number of hydrogen-bond acceptors (Lipinski definition) is 3. The normalized spacial score (nSPS) is 25.0. The highest BCUT2D eigenvalue weighted by atomic mass is 16.5. The first-order valence-electron chi connectivity index (χ1n) is 7.23. The van der Waals surface area contributed by atoms with Gasteiger partial charge in [-0.25, -0.2) is 0 Å². The van der Waals surface area contributed by atoms with Crippen LogP contribution in [-0.4, -0.2) is 18.4 Å². The van der Waals surface area contributed by atoms with Crippen LogP contribution in [0.2, 0.25) is 0 Å². The van der Waals surface area contributed by atoms with E-state index in [9.17, 15) is 9.59 Å². The molecule has 0 aromatic heterocycles. The van der Waals surface area contributed by atoms with Crippen molar-refractivity contribution in [1.82, 2.24) is 0 Å². The second-order valence-electron chi connectivity index (χ2n) is 6.13. The zero-order valence-corrected chi connectivity index (χ0v) is 11.6. The van der Waals surface area contributed by atoms with E-state index in [0.29, 0.717) is 6.61 Å². The molecule has 102 valence electrons. The molecule has 1 spiro atoms. The van der Waals surface area contributed by atoms with Crippen LogP contribution in [0.25, 0.3) is 0 Å². The molecule has 0 aromatic carbocycles. The third-order valence-electron chi connectivity index (χ3n) is 4.86. The van der Waals surface area contributed by atoms with E-state index >= 15 is 0 Å². The summed E-state index contributed by atoms with van der Waals surface area (Å²) in [7, 11) is 0. The minimum Gasteiger partial charge on any atom is -0.465 e. The smallest absolute Gasteiger partial charge is 0.319 e. The van der Waals surface area contributed by atoms with E-state index in [1.165, 1.54) is 38.5 Å². The number of ketones is 1. The van der Waals surface area contributed by atoms with Gasteiger partial charge in [0, 0.05) is 0 Å². The van der Waals surface area contributed by atoms with Crippen molar-refractivity contribution >= 4 is 11.8 Å². The van der Waals surface area contributed by atoms with E-state index in [2.05, 4.69) is 0 Å². The summed E-state index contributed by atoms with van der Waals surface area (Å²) in [5.41, 5.74) is -0.546. The topological polar surface area (TPSA) is 43.4 Å². The summed E-state index contributed by atoms with van der Waals surface area (Å²) in [6.07, 6.45) is 8.92. The molecule has 0 radical (unpaired) electrons. The number of hydrogen-bond donors (Lipinski definition) is 0. The summed E-state index contributed by atoms with van der Waals surface area (Å²) in [5, 5.41) is 0. The molecule has 0 aliphatic heterocycles. The van der Waals surface area contributed by atoms with Crippen LogP contribution >= 0.6 is 0 Å².